The van der Waals surface area contributed by atoms with Crippen molar-refractivity contribution in [3.05, 3.63) is 41.5 Å². The van der Waals surface area contributed by atoms with Crippen LogP contribution >= 0.6 is 0 Å². The molecule has 0 aliphatic carbocycles. The van der Waals surface area contributed by atoms with Crippen LogP contribution in [0.5, 0.6) is 0 Å². The third-order valence-electron chi connectivity index (χ3n) is 6.01. The lowest BCUT2D eigenvalue weighted by Gasteiger charge is -2.23. The van der Waals surface area contributed by atoms with E-state index in [0.717, 1.165) is 6.42 Å². The summed E-state index contributed by atoms with van der Waals surface area (Å²) in [7, 11) is 1.62. The molecule has 0 radical (unpaired) electrons. The summed E-state index contributed by atoms with van der Waals surface area (Å²) in [6.07, 6.45) is 1.44. The summed E-state index contributed by atoms with van der Waals surface area (Å²) < 4.78 is 18.3. The van der Waals surface area contributed by atoms with E-state index in [1.165, 1.54) is 12.1 Å². The van der Waals surface area contributed by atoms with Gasteiger partial charge < -0.3 is 19.5 Å². The van der Waals surface area contributed by atoms with Crippen LogP contribution in [0.2, 0.25) is 0 Å². The first-order chi connectivity index (χ1) is 13.9. The SMILES string of the molecule is COCCN1CCC2(CCN(C(=O)c3nc(-c4ccc(F)cc4)[nH]c3C)C2)C1=O. The van der Waals surface area contributed by atoms with Crippen LogP contribution in [0.1, 0.15) is 29.0 Å². The van der Waals surface area contributed by atoms with Crippen LogP contribution in [0.3, 0.4) is 0 Å². The van der Waals surface area contributed by atoms with Gasteiger partial charge >= 0.3 is 0 Å². The Kier molecular flexibility index (Phi) is 5.12. The van der Waals surface area contributed by atoms with Crippen molar-refractivity contribution in [2.45, 2.75) is 19.8 Å². The number of H-pyrrole nitrogens is 1. The molecule has 2 aromatic rings. The Hall–Kier alpha value is -2.74. The van der Waals surface area contributed by atoms with Gasteiger partial charge in [0.25, 0.3) is 5.91 Å². The van der Waals surface area contributed by atoms with E-state index in [1.54, 1.807) is 31.1 Å². The van der Waals surface area contributed by atoms with E-state index in [9.17, 15) is 14.0 Å². The van der Waals surface area contributed by atoms with Crippen LogP contribution < -0.4 is 0 Å². The zero-order valence-electron chi connectivity index (χ0n) is 16.7. The number of likely N-dealkylation sites (tertiary alicyclic amines) is 2. The van der Waals surface area contributed by atoms with Crippen LogP contribution in [0.15, 0.2) is 24.3 Å². The van der Waals surface area contributed by atoms with Crippen molar-refractivity contribution in [3.63, 3.8) is 0 Å². The van der Waals surface area contributed by atoms with Gasteiger partial charge in [0.05, 0.1) is 12.0 Å². The van der Waals surface area contributed by atoms with Crippen LogP contribution in [-0.2, 0) is 9.53 Å². The number of halogens is 1. The molecule has 2 saturated heterocycles. The maximum atomic E-state index is 13.2. The molecule has 2 aliphatic rings. The third-order valence-corrected chi connectivity index (χ3v) is 6.01. The van der Waals surface area contributed by atoms with E-state index in [-0.39, 0.29) is 17.6 Å². The molecule has 3 heterocycles. The summed E-state index contributed by atoms with van der Waals surface area (Å²) in [6, 6.07) is 5.97. The van der Waals surface area contributed by atoms with Gasteiger partial charge in [-0.15, -0.1) is 0 Å². The minimum absolute atomic E-state index is 0.121. The van der Waals surface area contributed by atoms with Crippen LogP contribution in [0.25, 0.3) is 11.4 Å². The maximum Gasteiger partial charge on any atom is 0.274 e. The first-order valence-electron chi connectivity index (χ1n) is 9.84. The Labute approximate surface area is 168 Å². The topological polar surface area (TPSA) is 78.5 Å². The van der Waals surface area contributed by atoms with Gasteiger partial charge in [-0.25, -0.2) is 9.37 Å². The number of nitrogens with one attached hydrogen (secondary N) is 1. The van der Waals surface area contributed by atoms with Crippen LogP contribution in [0.4, 0.5) is 4.39 Å². The zero-order chi connectivity index (χ0) is 20.6. The molecule has 1 N–H and O–H groups in total. The number of aryl methyl sites for hydroxylation is 1. The molecule has 1 atom stereocenters. The smallest absolute Gasteiger partial charge is 0.274 e. The monoisotopic (exact) mass is 400 g/mol. The van der Waals surface area contributed by atoms with Gasteiger partial charge in [0.1, 0.15) is 17.3 Å². The Morgan fingerprint density at radius 3 is 2.72 bits per heavy atom. The van der Waals surface area contributed by atoms with Crippen molar-refractivity contribution in [3.8, 4) is 11.4 Å². The number of carbonyl (C=O) groups is 2. The minimum Gasteiger partial charge on any atom is -0.383 e. The molecule has 2 fully saturated rings. The number of benzene rings is 1. The largest absolute Gasteiger partial charge is 0.383 e. The summed E-state index contributed by atoms with van der Waals surface area (Å²) in [4.78, 5) is 37.2. The molecular weight excluding hydrogens is 375 g/mol. The lowest BCUT2D eigenvalue weighted by atomic mass is 9.85. The standard InChI is InChI=1S/C21H25FN4O3/c1-14-17(24-18(23-14)15-3-5-16(22)6-4-15)19(27)26-10-8-21(13-26)7-9-25(20(21)28)11-12-29-2/h3-6H,7-13H2,1-2H3,(H,23,24). The number of aromatic amines is 1. The van der Waals surface area contributed by atoms with Gasteiger partial charge in [-0.2, -0.15) is 0 Å². The van der Waals surface area contributed by atoms with Gasteiger partial charge in [-0.1, -0.05) is 0 Å². The number of ether oxygens (including phenoxy) is 1. The zero-order valence-corrected chi connectivity index (χ0v) is 16.7. The quantitative estimate of drug-likeness (QED) is 0.835. The van der Waals surface area contributed by atoms with E-state index in [0.29, 0.717) is 62.0 Å². The molecule has 0 bridgehead atoms. The predicted molar refractivity (Wildman–Crippen MR) is 105 cm³/mol. The number of nitrogens with zero attached hydrogens (tertiary/aromatic N) is 3. The maximum absolute atomic E-state index is 13.2. The van der Waals surface area contributed by atoms with Gasteiger partial charge in [0.2, 0.25) is 5.91 Å². The van der Waals surface area contributed by atoms with Gasteiger partial charge in [0, 0.05) is 44.5 Å². The molecule has 8 heteroatoms. The number of aromatic nitrogens is 2. The molecule has 154 valence electrons. The van der Waals surface area contributed by atoms with Crippen LogP contribution in [0, 0.1) is 18.2 Å². The fourth-order valence-corrected chi connectivity index (χ4v) is 4.29. The fraction of sp³-hybridized carbons (Fsp3) is 0.476. The van der Waals surface area contributed by atoms with Crippen molar-refractivity contribution in [2.24, 2.45) is 5.41 Å². The average molecular weight is 400 g/mol. The Bertz CT molecular complexity index is 927. The fourth-order valence-electron chi connectivity index (χ4n) is 4.29. The highest BCUT2D eigenvalue weighted by Gasteiger charge is 2.51. The normalized spacial score (nSPS) is 21.6. The number of hydrogen-bond donors (Lipinski definition) is 1. The van der Waals surface area contributed by atoms with Crippen molar-refractivity contribution in [1.82, 2.24) is 19.8 Å². The molecule has 29 heavy (non-hydrogen) atoms. The summed E-state index contributed by atoms with van der Waals surface area (Å²) in [5.74, 6) is 0.154. The molecule has 1 unspecified atom stereocenters. The van der Waals surface area contributed by atoms with Gasteiger partial charge in [0.15, 0.2) is 0 Å². The van der Waals surface area contributed by atoms with Crippen molar-refractivity contribution < 1.29 is 18.7 Å². The third kappa shape index (κ3) is 3.53. The first kappa shape index (κ1) is 19.6. The molecule has 2 aliphatic heterocycles. The van der Waals surface area contributed by atoms with Crippen molar-refractivity contribution >= 4 is 11.8 Å². The average Bonchev–Trinajstić information content (AvgIpc) is 3.40. The molecular formula is C21H25FN4O3. The number of rotatable bonds is 5. The predicted octanol–water partition coefficient (Wildman–Crippen LogP) is 2.24. The Morgan fingerprint density at radius 1 is 1.28 bits per heavy atom. The molecule has 4 rings (SSSR count). The molecule has 1 aromatic heterocycles. The molecule has 7 nitrogen and oxygen atoms in total. The number of carbonyl (C=O) groups excluding carboxylic acids is 2. The number of amides is 2. The molecule has 1 aromatic carbocycles. The molecule has 0 saturated carbocycles. The molecule has 1 spiro atoms. The second kappa shape index (κ2) is 7.59. The van der Waals surface area contributed by atoms with Crippen molar-refractivity contribution in [1.29, 1.82) is 0 Å². The van der Waals surface area contributed by atoms with Crippen molar-refractivity contribution in [2.75, 3.05) is 39.9 Å². The highest BCUT2D eigenvalue weighted by Crippen LogP contribution is 2.41. The summed E-state index contributed by atoms with van der Waals surface area (Å²) in [5.41, 5.74) is 1.25. The van der Waals surface area contributed by atoms with Gasteiger partial charge in [-0.3, -0.25) is 9.59 Å². The van der Waals surface area contributed by atoms with E-state index in [2.05, 4.69) is 9.97 Å². The number of imidazole rings is 1. The number of methoxy groups -OCH3 is 1. The van der Waals surface area contributed by atoms with E-state index in [1.807, 2.05) is 4.90 Å². The summed E-state index contributed by atoms with van der Waals surface area (Å²) in [6.45, 7) is 4.58. The highest BCUT2D eigenvalue weighted by atomic mass is 19.1. The Morgan fingerprint density at radius 2 is 2.00 bits per heavy atom. The van der Waals surface area contributed by atoms with E-state index >= 15 is 0 Å². The second-order valence-corrected chi connectivity index (χ2v) is 7.86. The summed E-state index contributed by atoms with van der Waals surface area (Å²) in [5, 5.41) is 0. The lowest BCUT2D eigenvalue weighted by molar-refractivity contribution is -0.135. The van der Waals surface area contributed by atoms with Crippen LogP contribution in [-0.4, -0.2) is 71.5 Å². The second-order valence-electron chi connectivity index (χ2n) is 7.86. The van der Waals surface area contributed by atoms with Gasteiger partial charge in [-0.05, 0) is 44.0 Å². The van der Waals surface area contributed by atoms with E-state index < -0.39 is 5.41 Å². The highest BCUT2D eigenvalue weighted by molar-refractivity contribution is 5.95. The minimum atomic E-state index is -0.479. The number of hydrogen-bond acceptors (Lipinski definition) is 4. The van der Waals surface area contributed by atoms with E-state index in [4.69, 9.17) is 4.74 Å². The molecule has 2 amide bonds. The lowest BCUT2D eigenvalue weighted by Crippen LogP contribution is -2.39. The first-order valence-corrected chi connectivity index (χ1v) is 9.84. The Balaban J connectivity index is 1.49. The summed E-state index contributed by atoms with van der Waals surface area (Å²) >= 11 is 0.